The Morgan fingerprint density at radius 2 is 2.11 bits per heavy atom. The van der Waals surface area contributed by atoms with Gasteiger partial charge in [-0.3, -0.25) is 4.79 Å². The molecule has 0 spiro atoms. The zero-order chi connectivity index (χ0) is 13.3. The molecule has 0 aromatic heterocycles. The molecule has 1 aliphatic heterocycles. The molecule has 2 rings (SSSR count). The topological polar surface area (TPSA) is 55.6 Å². The van der Waals surface area contributed by atoms with E-state index in [1.54, 1.807) is 19.2 Å². The Morgan fingerprint density at radius 1 is 1.44 bits per heavy atom. The molecule has 0 bridgehead atoms. The zero-order valence-corrected chi connectivity index (χ0v) is 11.1. The van der Waals surface area contributed by atoms with Crippen molar-refractivity contribution in [3.63, 3.8) is 0 Å². The van der Waals surface area contributed by atoms with Gasteiger partial charge in [0.1, 0.15) is 5.75 Å². The highest BCUT2D eigenvalue weighted by molar-refractivity contribution is 5.97. The van der Waals surface area contributed by atoms with E-state index in [9.17, 15) is 4.79 Å². The number of hydrogen-bond acceptors (Lipinski definition) is 3. The number of carbonyl (C=O) groups excluding carboxylic acids is 1. The minimum atomic E-state index is -0.308. The van der Waals surface area contributed by atoms with Crippen LogP contribution in [0, 0.1) is 0 Å². The van der Waals surface area contributed by atoms with Gasteiger partial charge in [-0.15, -0.1) is 0 Å². The number of benzene rings is 1. The molecule has 98 valence electrons. The number of amides is 1. The largest absolute Gasteiger partial charge is 0.496 e. The Morgan fingerprint density at radius 3 is 2.67 bits per heavy atom. The number of nitrogens with zero attached hydrogens (tertiary/aromatic N) is 1. The van der Waals surface area contributed by atoms with Crippen molar-refractivity contribution in [3.8, 4) is 5.75 Å². The normalized spacial score (nSPS) is 22.0. The van der Waals surface area contributed by atoms with Crippen molar-refractivity contribution < 1.29 is 9.53 Å². The summed E-state index contributed by atoms with van der Waals surface area (Å²) in [5.41, 5.74) is 6.36. The first-order valence-corrected chi connectivity index (χ1v) is 6.19. The third-order valence-corrected chi connectivity index (χ3v) is 3.85. The third-order valence-electron chi connectivity index (χ3n) is 3.85. The number of methoxy groups -OCH3 is 1. The second kappa shape index (κ2) is 4.61. The molecule has 1 heterocycles. The molecule has 0 aliphatic carbocycles. The van der Waals surface area contributed by atoms with Crippen LogP contribution in [-0.4, -0.2) is 36.0 Å². The number of hydrogen-bond donors (Lipinski definition) is 1. The number of nitrogens with two attached hydrogens (primary N) is 1. The van der Waals surface area contributed by atoms with Gasteiger partial charge in [0.15, 0.2) is 0 Å². The molecule has 0 radical (unpaired) electrons. The van der Waals surface area contributed by atoms with Crippen molar-refractivity contribution in [1.29, 1.82) is 0 Å². The van der Waals surface area contributed by atoms with Crippen LogP contribution in [0.4, 0.5) is 0 Å². The Balaban J connectivity index is 2.32. The monoisotopic (exact) mass is 248 g/mol. The van der Waals surface area contributed by atoms with E-state index in [2.05, 4.69) is 0 Å². The van der Waals surface area contributed by atoms with E-state index >= 15 is 0 Å². The van der Waals surface area contributed by atoms with Crippen LogP contribution in [0.1, 0.15) is 30.6 Å². The molecule has 4 heteroatoms. The maximum absolute atomic E-state index is 12.6. The molecule has 4 nitrogen and oxygen atoms in total. The van der Waals surface area contributed by atoms with E-state index < -0.39 is 0 Å². The van der Waals surface area contributed by atoms with Crippen LogP contribution in [-0.2, 0) is 0 Å². The van der Waals surface area contributed by atoms with E-state index in [-0.39, 0.29) is 17.5 Å². The number of ether oxygens (including phenoxy) is 1. The fraction of sp³-hybridized carbons (Fsp3) is 0.500. The molecule has 18 heavy (non-hydrogen) atoms. The molecule has 1 aromatic carbocycles. The van der Waals surface area contributed by atoms with Gasteiger partial charge >= 0.3 is 0 Å². The summed E-state index contributed by atoms with van der Waals surface area (Å²) in [4.78, 5) is 14.4. The van der Waals surface area contributed by atoms with Gasteiger partial charge in [0, 0.05) is 12.6 Å². The van der Waals surface area contributed by atoms with Crippen molar-refractivity contribution in [3.05, 3.63) is 29.8 Å². The van der Waals surface area contributed by atoms with Gasteiger partial charge in [0.2, 0.25) is 0 Å². The van der Waals surface area contributed by atoms with E-state index in [0.717, 1.165) is 6.42 Å². The molecule has 2 N–H and O–H groups in total. The maximum Gasteiger partial charge on any atom is 0.258 e. The lowest BCUT2D eigenvalue weighted by Gasteiger charge is -2.34. The quantitative estimate of drug-likeness (QED) is 0.865. The fourth-order valence-electron chi connectivity index (χ4n) is 2.44. The minimum absolute atomic E-state index is 0.00889. The predicted molar refractivity (Wildman–Crippen MR) is 70.7 cm³/mol. The second-order valence-electron chi connectivity index (χ2n) is 5.21. The number of para-hydroxylation sites is 1. The summed E-state index contributed by atoms with van der Waals surface area (Å²) in [6.07, 6.45) is 0.841. The van der Waals surface area contributed by atoms with E-state index in [1.165, 1.54) is 0 Å². The summed E-state index contributed by atoms with van der Waals surface area (Å²) in [6, 6.07) is 7.32. The third kappa shape index (κ3) is 1.97. The first-order chi connectivity index (χ1) is 8.48. The lowest BCUT2D eigenvalue weighted by atomic mass is 9.96. The van der Waals surface area contributed by atoms with Crippen LogP contribution in [0.3, 0.4) is 0 Å². The number of likely N-dealkylation sites (tertiary alicyclic amines) is 1. The lowest BCUT2D eigenvalue weighted by molar-refractivity contribution is 0.0633. The molecule has 0 saturated carbocycles. The average Bonchev–Trinajstić information content (AvgIpc) is 2.63. The van der Waals surface area contributed by atoms with Gasteiger partial charge in [-0.05, 0) is 32.4 Å². The van der Waals surface area contributed by atoms with Crippen LogP contribution in [0.25, 0.3) is 0 Å². The SMILES string of the molecule is COc1ccccc1C(=O)N1CCC(N)C1(C)C. The summed E-state index contributed by atoms with van der Waals surface area (Å²) in [7, 11) is 1.58. The Bertz CT molecular complexity index is 457. The van der Waals surface area contributed by atoms with Crippen molar-refractivity contribution in [1.82, 2.24) is 4.90 Å². The number of carbonyl (C=O) groups is 1. The Labute approximate surface area is 108 Å². The molecular weight excluding hydrogens is 228 g/mol. The van der Waals surface area contributed by atoms with Crippen molar-refractivity contribution >= 4 is 5.91 Å². The van der Waals surface area contributed by atoms with Gasteiger partial charge in [0.05, 0.1) is 18.2 Å². The summed E-state index contributed by atoms with van der Waals surface area (Å²) in [5, 5.41) is 0. The summed E-state index contributed by atoms with van der Waals surface area (Å²) in [5.74, 6) is 0.601. The van der Waals surface area contributed by atoms with Crippen LogP contribution >= 0.6 is 0 Å². The van der Waals surface area contributed by atoms with Crippen LogP contribution < -0.4 is 10.5 Å². The Kier molecular flexibility index (Phi) is 3.30. The Hall–Kier alpha value is -1.55. The molecule has 1 atom stereocenters. The van der Waals surface area contributed by atoms with Gasteiger partial charge in [-0.25, -0.2) is 0 Å². The molecular formula is C14H20N2O2. The van der Waals surface area contributed by atoms with Crippen LogP contribution in [0.5, 0.6) is 5.75 Å². The highest BCUT2D eigenvalue weighted by Gasteiger charge is 2.42. The van der Waals surface area contributed by atoms with Crippen molar-refractivity contribution in [2.75, 3.05) is 13.7 Å². The summed E-state index contributed by atoms with van der Waals surface area (Å²) < 4.78 is 5.24. The van der Waals surface area contributed by atoms with E-state index in [1.807, 2.05) is 30.9 Å². The second-order valence-corrected chi connectivity index (χ2v) is 5.21. The maximum atomic E-state index is 12.6. The molecule has 1 aliphatic rings. The first kappa shape index (κ1) is 12.9. The van der Waals surface area contributed by atoms with Crippen LogP contribution in [0.2, 0.25) is 0 Å². The van der Waals surface area contributed by atoms with Gasteiger partial charge in [-0.2, -0.15) is 0 Å². The van der Waals surface area contributed by atoms with Crippen molar-refractivity contribution in [2.45, 2.75) is 31.8 Å². The highest BCUT2D eigenvalue weighted by atomic mass is 16.5. The molecule has 1 saturated heterocycles. The molecule has 1 amide bonds. The van der Waals surface area contributed by atoms with E-state index in [4.69, 9.17) is 10.5 Å². The summed E-state index contributed by atoms with van der Waals surface area (Å²) in [6.45, 7) is 4.72. The fourth-order valence-corrected chi connectivity index (χ4v) is 2.44. The van der Waals surface area contributed by atoms with E-state index in [0.29, 0.717) is 17.9 Å². The smallest absolute Gasteiger partial charge is 0.258 e. The van der Waals surface area contributed by atoms with Gasteiger partial charge < -0.3 is 15.4 Å². The molecule has 1 unspecified atom stereocenters. The standard InChI is InChI=1S/C14H20N2O2/c1-14(2)12(15)8-9-16(14)13(17)10-6-4-5-7-11(10)18-3/h4-7,12H,8-9,15H2,1-3H3. The minimum Gasteiger partial charge on any atom is -0.496 e. The lowest BCUT2D eigenvalue weighted by Crippen LogP contribution is -2.51. The molecule has 1 fully saturated rings. The van der Waals surface area contributed by atoms with Gasteiger partial charge in [-0.1, -0.05) is 12.1 Å². The predicted octanol–water partition coefficient (Wildman–Crippen LogP) is 1.65. The van der Waals surface area contributed by atoms with Crippen molar-refractivity contribution in [2.24, 2.45) is 5.73 Å². The zero-order valence-electron chi connectivity index (χ0n) is 11.1. The average molecular weight is 248 g/mol. The van der Waals surface area contributed by atoms with Gasteiger partial charge in [0.25, 0.3) is 5.91 Å². The highest BCUT2D eigenvalue weighted by Crippen LogP contribution is 2.31. The van der Waals surface area contributed by atoms with Crippen LogP contribution in [0.15, 0.2) is 24.3 Å². The number of rotatable bonds is 2. The first-order valence-electron chi connectivity index (χ1n) is 6.19. The molecule has 1 aromatic rings. The summed E-state index contributed by atoms with van der Waals surface area (Å²) >= 11 is 0.